The van der Waals surface area contributed by atoms with Gasteiger partial charge in [0.15, 0.2) is 12.5 Å². The second kappa shape index (κ2) is 48.6. The van der Waals surface area contributed by atoms with Crippen LogP contribution in [0.3, 0.4) is 0 Å². The van der Waals surface area contributed by atoms with Crippen molar-refractivity contribution in [3.05, 3.63) is 0 Å². The van der Waals surface area contributed by atoms with E-state index in [1.54, 1.807) is 0 Å². The van der Waals surface area contributed by atoms with Crippen LogP contribution in [0, 0.1) is 0 Å². The quantitative estimate of drug-likeness (QED) is 0.0262. The summed E-state index contributed by atoms with van der Waals surface area (Å²) in [5, 5.41) is 0. The predicted molar refractivity (Wildman–Crippen MR) is 222 cm³/mol. The van der Waals surface area contributed by atoms with E-state index in [0.29, 0.717) is 13.2 Å². The summed E-state index contributed by atoms with van der Waals surface area (Å²) in [5.74, 6) is 0. The second-order valence-corrected chi connectivity index (χ2v) is 22.6. The van der Waals surface area contributed by atoms with Gasteiger partial charge in [0.05, 0.1) is 0 Å². The van der Waals surface area contributed by atoms with Crippen molar-refractivity contribution >= 4 is 72.0 Å². The van der Waals surface area contributed by atoms with Crippen molar-refractivity contribution in [1.29, 1.82) is 0 Å². The van der Waals surface area contributed by atoms with Crippen LogP contribution in [0.15, 0.2) is 0 Å². The Morgan fingerprint density at radius 3 is 0.673 bits per heavy atom. The molecule has 0 saturated heterocycles. The van der Waals surface area contributed by atoms with Gasteiger partial charge in [0.25, 0.3) is 0 Å². The number of rotatable bonds is 36. The summed E-state index contributed by atoms with van der Waals surface area (Å²) < 4.78 is 17.7. The molecule has 0 aliphatic heterocycles. The molecule has 0 aromatic carbocycles. The van der Waals surface area contributed by atoms with Crippen LogP contribution in [-0.2, 0) is 90.8 Å². The van der Waals surface area contributed by atoms with Crippen molar-refractivity contribution in [2.45, 2.75) is 219 Å². The van der Waals surface area contributed by atoms with Gasteiger partial charge in [-0.25, -0.2) is 0 Å². The Morgan fingerprint density at radius 1 is 0.388 bits per heavy atom. The summed E-state index contributed by atoms with van der Waals surface area (Å²) in [4.78, 5) is 22.0. The van der Waals surface area contributed by atoms with Crippen molar-refractivity contribution in [1.82, 2.24) is 0 Å². The Hall–Kier alpha value is 2.55. The molecule has 0 fully saturated rings. The minimum Gasteiger partial charge on any atom is -0.819 e. The van der Waals surface area contributed by atoms with Gasteiger partial charge in [0.1, 0.15) is 0 Å². The molecule has 294 valence electrons. The van der Waals surface area contributed by atoms with Gasteiger partial charge in [-0.1, -0.05) is 206 Å². The molecule has 0 heterocycles. The Bertz CT molecular complexity index is 649. The molecule has 0 aromatic rings. The van der Waals surface area contributed by atoms with E-state index in [9.17, 15) is 9.79 Å². The third kappa shape index (κ3) is 65.8. The molecule has 0 aromatic heterocycles. The molecule has 0 amide bonds. The Balaban J connectivity index is -0.000000386. The summed E-state index contributed by atoms with van der Waals surface area (Å²) >= 11 is 21.0. The Kier molecular flexibility index (Phi) is 57.7. The molecule has 0 bridgehead atoms. The first-order chi connectivity index (χ1) is 23.1. The third-order valence-electron chi connectivity index (χ3n) is 8.49. The average Bonchev–Trinajstić information content (AvgIpc) is 3.04. The van der Waals surface area contributed by atoms with Gasteiger partial charge in [0.2, 0.25) is 0 Å². The largest absolute Gasteiger partial charge is 4.00 e. The first-order valence-electron chi connectivity index (χ1n) is 19.6. The fourth-order valence-electron chi connectivity index (χ4n) is 5.65. The molecule has 0 rings (SSSR count). The van der Waals surface area contributed by atoms with E-state index in [4.69, 9.17) is 13.3 Å². The van der Waals surface area contributed by atoms with Gasteiger partial charge in [-0.2, -0.15) is 4.21 Å². The molecule has 0 N–H and O–H groups in total. The van der Waals surface area contributed by atoms with E-state index in [1.807, 2.05) is 0 Å². The zero-order chi connectivity index (χ0) is 36.5. The molecule has 2 unspecified atom stereocenters. The molecular weight excluding hydrogens is 831 g/mol. The van der Waals surface area contributed by atoms with E-state index < -0.39 is 11.4 Å². The smallest absolute Gasteiger partial charge is 0.819 e. The van der Waals surface area contributed by atoms with E-state index >= 15 is 0 Å². The van der Waals surface area contributed by atoms with Crippen molar-refractivity contribution in [2.24, 2.45) is 0 Å². The fourth-order valence-corrected chi connectivity index (χ4v) is 7.25. The molecule has 2 atom stereocenters. The topological polar surface area (TPSA) is 81.7 Å². The minimum atomic E-state index is -3.09. The predicted octanol–water partition coefficient (Wildman–Crippen LogP) is 12.5. The fraction of sp³-hybridized carbons (Fsp3) is 1.00. The van der Waals surface area contributed by atoms with Crippen molar-refractivity contribution in [3.8, 4) is 0 Å². The number of hydrogen-bond acceptors (Lipinski definition) is 10. The molecule has 13 heteroatoms. The maximum Gasteiger partial charge on any atom is 4.00 e. The summed E-state index contributed by atoms with van der Waals surface area (Å²) in [7, 11) is 0. The molecule has 5 nitrogen and oxygen atoms in total. The number of unbranched alkanes of at least 4 members (excludes halogenated alkanes) is 30. The molecule has 0 saturated carbocycles. The van der Waals surface area contributed by atoms with Crippen LogP contribution in [-0.4, -0.2) is 17.4 Å². The maximum atomic E-state index is 11.0. The Morgan fingerprint density at radius 2 is 0.531 bits per heavy atom. The summed E-state index contributed by atoms with van der Waals surface area (Å²) in [6, 6.07) is 0. The zero-order valence-corrected chi connectivity index (χ0v) is 39.3. The molecular formula is C36H74MoO5P2S5. The molecule has 0 spiro atoms. The van der Waals surface area contributed by atoms with E-state index in [2.05, 4.69) is 74.5 Å². The number of hydrogen-bond donors (Lipinski definition) is 0. The first-order valence-corrected chi connectivity index (χ1v) is 27.3. The monoisotopic (exact) mass is 906 g/mol. The van der Waals surface area contributed by atoms with Crippen LogP contribution < -0.4 is 9.79 Å². The van der Waals surface area contributed by atoms with Crippen LogP contribution in [0.5, 0.6) is 0 Å². The van der Waals surface area contributed by atoms with Gasteiger partial charge >= 0.3 is 21.1 Å². The van der Waals surface area contributed by atoms with E-state index in [-0.39, 0.29) is 21.1 Å². The van der Waals surface area contributed by atoms with Crippen LogP contribution in [0.4, 0.5) is 0 Å². The molecule has 0 radical (unpaired) electrons. The van der Waals surface area contributed by atoms with Crippen LogP contribution in [0.2, 0.25) is 0 Å². The van der Waals surface area contributed by atoms with Gasteiger partial charge in [0, 0.05) is 13.2 Å². The van der Waals surface area contributed by atoms with Crippen LogP contribution in [0.25, 0.3) is 0 Å². The van der Waals surface area contributed by atoms with E-state index in [1.165, 1.54) is 180 Å². The first kappa shape index (κ1) is 58.3. The van der Waals surface area contributed by atoms with Crippen molar-refractivity contribution < 1.29 is 44.1 Å². The Labute approximate surface area is 346 Å². The van der Waals surface area contributed by atoms with Gasteiger partial charge in [-0.3, -0.25) is 0 Å². The SMILES string of the molecule is CCCCCCCCCCCCCCCCCCOP([O-])(=S)[S-].CCCCCCCCCCCCCCCCCCOP([O-])(=S)[S-].O=S.[Mo+4]. The maximum absolute atomic E-state index is 11.0. The van der Waals surface area contributed by atoms with Crippen LogP contribution >= 0.6 is 11.4 Å². The minimum absolute atomic E-state index is 0. The van der Waals surface area contributed by atoms with Gasteiger partial charge in [-0.05, 0) is 12.8 Å². The third-order valence-corrected chi connectivity index (χ3v) is 10.8. The molecule has 0 aliphatic carbocycles. The summed E-state index contributed by atoms with van der Waals surface area (Å²) in [6.07, 6.45) is 43.0. The molecule has 0 aliphatic rings. The van der Waals surface area contributed by atoms with E-state index in [0.717, 1.165) is 25.7 Å². The van der Waals surface area contributed by atoms with Crippen molar-refractivity contribution in [3.63, 3.8) is 0 Å². The summed E-state index contributed by atoms with van der Waals surface area (Å²) in [5.41, 5.74) is -6.18. The van der Waals surface area contributed by atoms with Gasteiger partial charge < -0.3 is 43.3 Å². The zero-order valence-electron chi connectivity index (χ0n) is 31.4. The molecule has 49 heavy (non-hydrogen) atoms. The van der Waals surface area contributed by atoms with Gasteiger partial charge in [-0.15, -0.1) is 35.0 Å². The van der Waals surface area contributed by atoms with Crippen molar-refractivity contribution in [2.75, 3.05) is 13.2 Å². The average molecular weight is 905 g/mol. The summed E-state index contributed by atoms with van der Waals surface area (Å²) in [6.45, 7) is 5.47. The van der Waals surface area contributed by atoms with Crippen LogP contribution in [0.1, 0.15) is 219 Å². The standard InChI is InChI=1S/2C18H39O2PS2.Mo.OS/c2*1-2-3-4-5-6-7-8-9-10-11-12-13-14-15-16-17-18-20-21(19,22)23;;1-2/h2*2-18H2,1H3,(H2,19,22,23);;/q;;+4;/p-4. The second-order valence-electron chi connectivity index (χ2n) is 13.2. The normalized spacial score (nSPS) is 13.3.